The molecule has 0 aromatic rings. The van der Waals surface area contributed by atoms with Crippen molar-refractivity contribution in [3.8, 4) is 0 Å². The molecule has 16 heavy (non-hydrogen) atoms. The average Bonchev–Trinajstić information content (AvgIpc) is 2.99. The molecule has 0 saturated heterocycles. The van der Waals surface area contributed by atoms with Gasteiger partial charge in [-0.1, -0.05) is 20.8 Å². The first-order chi connectivity index (χ1) is 7.46. The first-order valence-corrected chi connectivity index (χ1v) is 6.87. The van der Waals surface area contributed by atoms with Gasteiger partial charge in [0, 0.05) is 19.1 Å². The second kappa shape index (κ2) is 6.02. The average molecular weight is 226 g/mol. The van der Waals surface area contributed by atoms with E-state index in [0.717, 1.165) is 25.0 Å². The van der Waals surface area contributed by atoms with Crippen molar-refractivity contribution in [1.82, 2.24) is 10.2 Å². The molecule has 1 atom stereocenters. The van der Waals surface area contributed by atoms with Gasteiger partial charge in [0.25, 0.3) is 0 Å². The fourth-order valence-corrected chi connectivity index (χ4v) is 2.42. The van der Waals surface area contributed by atoms with Crippen LogP contribution in [0.3, 0.4) is 0 Å². The molecule has 1 aliphatic carbocycles. The van der Waals surface area contributed by atoms with Crippen molar-refractivity contribution in [3.63, 3.8) is 0 Å². The number of rotatable bonds is 8. The van der Waals surface area contributed by atoms with Gasteiger partial charge in [0.1, 0.15) is 0 Å². The summed E-state index contributed by atoms with van der Waals surface area (Å²) in [4.78, 5) is 2.55. The number of nitrogens with zero attached hydrogens (tertiary/aromatic N) is 1. The van der Waals surface area contributed by atoms with E-state index < -0.39 is 0 Å². The van der Waals surface area contributed by atoms with Gasteiger partial charge in [-0.2, -0.15) is 0 Å². The van der Waals surface area contributed by atoms with Crippen LogP contribution in [0.4, 0.5) is 0 Å². The van der Waals surface area contributed by atoms with Crippen molar-refractivity contribution < 1.29 is 0 Å². The summed E-state index contributed by atoms with van der Waals surface area (Å²) in [5, 5.41) is 3.54. The van der Waals surface area contributed by atoms with Crippen molar-refractivity contribution in [1.29, 1.82) is 0 Å². The molecule has 2 nitrogen and oxygen atoms in total. The van der Waals surface area contributed by atoms with Gasteiger partial charge in [0.15, 0.2) is 0 Å². The lowest BCUT2D eigenvalue weighted by Gasteiger charge is -2.34. The van der Waals surface area contributed by atoms with Gasteiger partial charge >= 0.3 is 0 Å². The molecule has 1 rings (SSSR count). The van der Waals surface area contributed by atoms with Gasteiger partial charge in [0.05, 0.1) is 0 Å². The molecule has 0 heterocycles. The normalized spacial score (nSPS) is 19.1. The Labute approximate surface area is 102 Å². The summed E-state index contributed by atoms with van der Waals surface area (Å²) in [5.41, 5.74) is 0.382. The maximum absolute atomic E-state index is 3.54. The van der Waals surface area contributed by atoms with E-state index in [1.54, 1.807) is 0 Å². The van der Waals surface area contributed by atoms with E-state index in [1.165, 1.54) is 25.8 Å². The van der Waals surface area contributed by atoms with Crippen LogP contribution in [0.5, 0.6) is 0 Å². The molecule has 1 saturated carbocycles. The van der Waals surface area contributed by atoms with Crippen LogP contribution in [0.1, 0.15) is 47.0 Å². The monoisotopic (exact) mass is 226 g/mol. The minimum atomic E-state index is 0.382. The molecule has 1 N–H and O–H groups in total. The Hall–Kier alpha value is -0.0800. The Bertz CT molecular complexity index is 197. The van der Waals surface area contributed by atoms with E-state index in [4.69, 9.17) is 0 Å². The zero-order valence-electron chi connectivity index (χ0n) is 11.8. The third kappa shape index (κ3) is 4.84. The zero-order valence-corrected chi connectivity index (χ0v) is 11.8. The third-order valence-electron chi connectivity index (χ3n) is 3.71. The summed E-state index contributed by atoms with van der Waals surface area (Å²) in [6, 6.07) is 0.769. The van der Waals surface area contributed by atoms with E-state index in [0.29, 0.717) is 5.41 Å². The molecule has 2 heteroatoms. The fraction of sp³-hybridized carbons (Fsp3) is 1.00. The van der Waals surface area contributed by atoms with Gasteiger partial charge < -0.3 is 10.2 Å². The smallest absolute Gasteiger partial charge is 0.00923 e. The van der Waals surface area contributed by atoms with Gasteiger partial charge in [-0.15, -0.1) is 0 Å². The predicted molar refractivity (Wildman–Crippen MR) is 71.8 cm³/mol. The van der Waals surface area contributed by atoms with Crippen molar-refractivity contribution in [2.24, 2.45) is 11.3 Å². The minimum absolute atomic E-state index is 0.382. The van der Waals surface area contributed by atoms with Gasteiger partial charge in [0.2, 0.25) is 0 Å². The first-order valence-electron chi connectivity index (χ1n) is 6.87. The minimum Gasteiger partial charge on any atom is -0.316 e. The summed E-state index contributed by atoms with van der Waals surface area (Å²) in [6.45, 7) is 12.8. The van der Waals surface area contributed by atoms with Crippen LogP contribution in [-0.4, -0.2) is 37.6 Å². The SMILES string of the molecule is CCCNCC(C)(C)CN(C)C(C)C1CC1. The lowest BCUT2D eigenvalue weighted by Crippen LogP contribution is -2.43. The molecule has 1 fully saturated rings. The third-order valence-corrected chi connectivity index (χ3v) is 3.71. The Kier molecular flexibility index (Phi) is 5.26. The fourth-order valence-electron chi connectivity index (χ4n) is 2.42. The molecule has 96 valence electrons. The molecule has 1 aliphatic rings. The molecule has 0 aliphatic heterocycles. The quantitative estimate of drug-likeness (QED) is 0.640. The molecular weight excluding hydrogens is 196 g/mol. The highest BCUT2D eigenvalue weighted by Crippen LogP contribution is 2.35. The maximum atomic E-state index is 3.54. The van der Waals surface area contributed by atoms with E-state index in [2.05, 4.69) is 45.0 Å². The largest absolute Gasteiger partial charge is 0.316 e. The van der Waals surface area contributed by atoms with Crippen molar-refractivity contribution in [3.05, 3.63) is 0 Å². The van der Waals surface area contributed by atoms with Crippen LogP contribution < -0.4 is 5.32 Å². The van der Waals surface area contributed by atoms with E-state index in [1.807, 2.05) is 0 Å². The summed E-state index contributed by atoms with van der Waals surface area (Å²) in [5.74, 6) is 0.976. The lowest BCUT2D eigenvalue weighted by molar-refractivity contribution is 0.153. The predicted octanol–water partition coefficient (Wildman–Crippen LogP) is 2.74. The summed E-state index contributed by atoms with van der Waals surface area (Å²) < 4.78 is 0. The Morgan fingerprint density at radius 2 is 2.00 bits per heavy atom. The van der Waals surface area contributed by atoms with Crippen molar-refractivity contribution in [2.75, 3.05) is 26.7 Å². The number of nitrogens with one attached hydrogen (secondary N) is 1. The van der Waals surface area contributed by atoms with E-state index in [9.17, 15) is 0 Å². The van der Waals surface area contributed by atoms with Crippen LogP contribution in [0.15, 0.2) is 0 Å². The van der Waals surface area contributed by atoms with Gasteiger partial charge in [-0.05, 0) is 51.1 Å². The second-order valence-corrected chi connectivity index (χ2v) is 6.33. The summed E-state index contributed by atoms with van der Waals surface area (Å²) in [7, 11) is 2.28. The second-order valence-electron chi connectivity index (χ2n) is 6.33. The number of hydrogen-bond acceptors (Lipinski definition) is 2. The van der Waals surface area contributed by atoms with E-state index >= 15 is 0 Å². The topological polar surface area (TPSA) is 15.3 Å². The molecule has 0 bridgehead atoms. The van der Waals surface area contributed by atoms with Crippen LogP contribution in [0, 0.1) is 11.3 Å². The summed E-state index contributed by atoms with van der Waals surface area (Å²) >= 11 is 0. The molecule has 1 unspecified atom stereocenters. The van der Waals surface area contributed by atoms with Crippen LogP contribution in [0.25, 0.3) is 0 Å². The molecular formula is C14H30N2. The number of hydrogen-bond donors (Lipinski definition) is 1. The maximum Gasteiger partial charge on any atom is 0.00923 e. The lowest BCUT2D eigenvalue weighted by atomic mass is 9.92. The van der Waals surface area contributed by atoms with Crippen LogP contribution in [-0.2, 0) is 0 Å². The molecule has 0 radical (unpaired) electrons. The summed E-state index contributed by atoms with van der Waals surface area (Å²) in [6.07, 6.45) is 4.12. The zero-order chi connectivity index (χ0) is 12.2. The van der Waals surface area contributed by atoms with Crippen molar-refractivity contribution in [2.45, 2.75) is 53.0 Å². The Morgan fingerprint density at radius 1 is 1.38 bits per heavy atom. The van der Waals surface area contributed by atoms with Gasteiger partial charge in [-0.25, -0.2) is 0 Å². The standard InChI is InChI=1S/C14H30N2/c1-6-9-15-10-14(3,4)11-16(5)12(2)13-7-8-13/h12-13,15H,6-11H2,1-5H3. The first kappa shape index (κ1) is 14.0. The highest BCUT2D eigenvalue weighted by atomic mass is 15.1. The van der Waals surface area contributed by atoms with Crippen LogP contribution in [0.2, 0.25) is 0 Å². The Morgan fingerprint density at radius 3 is 2.50 bits per heavy atom. The van der Waals surface area contributed by atoms with Crippen LogP contribution >= 0.6 is 0 Å². The molecule has 0 amide bonds. The Balaban J connectivity index is 2.26. The highest BCUT2D eigenvalue weighted by molar-refractivity contribution is 4.86. The van der Waals surface area contributed by atoms with Gasteiger partial charge in [-0.3, -0.25) is 0 Å². The van der Waals surface area contributed by atoms with Crippen molar-refractivity contribution >= 4 is 0 Å². The highest BCUT2D eigenvalue weighted by Gasteiger charge is 2.32. The molecule has 0 aromatic carbocycles. The van der Waals surface area contributed by atoms with E-state index in [-0.39, 0.29) is 0 Å². The molecule has 0 aromatic heterocycles. The molecule has 0 spiro atoms.